The molecule has 0 bridgehead atoms. The van der Waals surface area contributed by atoms with Gasteiger partial charge in [-0.05, 0) is 30.7 Å². The van der Waals surface area contributed by atoms with Crippen molar-refractivity contribution >= 4 is 16.6 Å². The van der Waals surface area contributed by atoms with E-state index in [4.69, 9.17) is 8.94 Å². The molecule has 0 saturated carbocycles. The number of pyridine rings is 1. The Hall–Kier alpha value is -3.68. The third kappa shape index (κ3) is 2.80. The van der Waals surface area contributed by atoms with E-state index < -0.39 is 0 Å². The summed E-state index contributed by atoms with van der Waals surface area (Å²) in [6, 6.07) is 11.3. The van der Waals surface area contributed by atoms with Gasteiger partial charge in [0.15, 0.2) is 5.58 Å². The van der Waals surface area contributed by atoms with E-state index >= 15 is 0 Å². The molecule has 8 heteroatoms. The van der Waals surface area contributed by atoms with E-state index in [-0.39, 0.29) is 5.76 Å². The third-order valence-corrected chi connectivity index (χ3v) is 4.49. The highest BCUT2D eigenvalue weighted by molar-refractivity contribution is 5.72. The topological polar surface area (TPSA) is 91.4 Å². The largest absolute Gasteiger partial charge is 0.419 e. The van der Waals surface area contributed by atoms with Crippen molar-refractivity contribution < 1.29 is 8.94 Å². The predicted molar refractivity (Wildman–Crippen MR) is 97.3 cm³/mol. The van der Waals surface area contributed by atoms with Crippen LogP contribution in [-0.2, 0) is 13.0 Å². The van der Waals surface area contributed by atoms with Crippen LogP contribution in [0.4, 0.5) is 0 Å². The Morgan fingerprint density at radius 1 is 1.15 bits per heavy atom. The minimum absolute atomic E-state index is 0.350. The van der Waals surface area contributed by atoms with Crippen molar-refractivity contribution in [3.8, 4) is 11.4 Å². The molecule has 0 aliphatic rings. The molecule has 1 aromatic carbocycles. The smallest absolute Gasteiger partial charge is 0.408 e. The number of aromatic nitrogens is 5. The third-order valence-electron chi connectivity index (χ3n) is 4.49. The summed E-state index contributed by atoms with van der Waals surface area (Å²) in [7, 11) is 0. The van der Waals surface area contributed by atoms with Gasteiger partial charge in [0.25, 0.3) is 0 Å². The molecule has 5 aromatic rings. The van der Waals surface area contributed by atoms with Gasteiger partial charge >= 0.3 is 5.76 Å². The molecule has 0 atom stereocenters. The summed E-state index contributed by atoms with van der Waals surface area (Å²) in [5, 5.41) is 4.06. The lowest BCUT2D eigenvalue weighted by Crippen LogP contribution is -2.14. The van der Waals surface area contributed by atoms with E-state index in [1.165, 1.54) is 0 Å². The maximum absolute atomic E-state index is 12.0. The molecule has 134 valence electrons. The molecule has 0 radical (unpaired) electrons. The van der Waals surface area contributed by atoms with Gasteiger partial charge in [-0.1, -0.05) is 17.3 Å². The minimum atomic E-state index is -0.350. The molecular weight excluding hydrogens is 346 g/mol. The van der Waals surface area contributed by atoms with Crippen LogP contribution in [0.25, 0.3) is 28.0 Å². The second-order valence-corrected chi connectivity index (χ2v) is 6.24. The molecule has 4 heterocycles. The summed E-state index contributed by atoms with van der Waals surface area (Å²) < 4.78 is 14.1. The Kier molecular flexibility index (Phi) is 3.60. The zero-order chi connectivity index (χ0) is 18.2. The number of imidazole rings is 1. The van der Waals surface area contributed by atoms with E-state index in [2.05, 4.69) is 15.1 Å². The zero-order valence-corrected chi connectivity index (χ0v) is 14.3. The highest BCUT2D eigenvalue weighted by Gasteiger charge is 2.11. The van der Waals surface area contributed by atoms with E-state index in [9.17, 15) is 4.79 Å². The van der Waals surface area contributed by atoms with Gasteiger partial charge in [-0.15, -0.1) is 0 Å². The number of nitrogens with zero attached hydrogens (tertiary/aromatic N) is 5. The van der Waals surface area contributed by atoms with Gasteiger partial charge < -0.3 is 13.3 Å². The zero-order valence-electron chi connectivity index (χ0n) is 14.3. The van der Waals surface area contributed by atoms with Crippen molar-refractivity contribution in [2.45, 2.75) is 19.4 Å². The van der Waals surface area contributed by atoms with Crippen LogP contribution in [0.1, 0.15) is 12.3 Å². The normalized spacial score (nSPS) is 11.6. The number of oxazole rings is 1. The Bertz CT molecular complexity index is 1290. The molecule has 0 unspecified atom stereocenters. The summed E-state index contributed by atoms with van der Waals surface area (Å²) in [5.41, 5.74) is 3.22. The van der Waals surface area contributed by atoms with Gasteiger partial charge in [0.2, 0.25) is 11.7 Å². The molecule has 0 N–H and O–H groups in total. The highest BCUT2D eigenvalue weighted by Crippen LogP contribution is 2.18. The van der Waals surface area contributed by atoms with Crippen LogP contribution < -0.4 is 5.76 Å². The molecule has 0 aliphatic heterocycles. The molecule has 5 rings (SSSR count). The summed E-state index contributed by atoms with van der Waals surface area (Å²) in [5.74, 6) is 0.732. The quantitative estimate of drug-likeness (QED) is 0.478. The van der Waals surface area contributed by atoms with Crippen LogP contribution in [-0.4, -0.2) is 24.1 Å². The lowest BCUT2D eigenvalue weighted by Gasteiger charge is -1.99. The van der Waals surface area contributed by atoms with Crippen LogP contribution in [0.2, 0.25) is 0 Å². The first-order valence-electron chi connectivity index (χ1n) is 8.61. The molecular formula is C19H15N5O3. The van der Waals surface area contributed by atoms with Gasteiger partial charge in [0, 0.05) is 24.7 Å². The predicted octanol–water partition coefficient (Wildman–Crippen LogP) is 2.93. The first kappa shape index (κ1) is 15.6. The summed E-state index contributed by atoms with van der Waals surface area (Å²) in [6.45, 7) is 0.523. The maximum atomic E-state index is 12.0. The van der Waals surface area contributed by atoms with Gasteiger partial charge in [-0.3, -0.25) is 4.57 Å². The fourth-order valence-electron chi connectivity index (χ4n) is 3.15. The van der Waals surface area contributed by atoms with Crippen LogP contribution >= 0.6 is 0 Å². The second-order valence-electron chi connectivity index (χ2n) is 6.24. The minimum Gasteiger partial charge on any atom is -0.408 e. The van der Waals surface area contributed by atoms with Gasteiger partial charge in [0.05, 0.1) is 23.6 Å². The molecule has 0 spiro atoms. The Balaban J connectivity index is 1.30. The molecule has 0 amide bonds. The first-order chi connectivity index (χ1) is 13.3. The standard InChI is InChI=1S/C19H15N5O3/c25-19-24(15-4-1-2-5-16(15)26-19)8-3-6-17-21-18(22-27-17)13-7-9-23-12-20-11-14(23)10-13/h1-2,4-5,7,9-12H,3,6,8H2. The highest BCUT2D eigenvalue weighted by atomic mass is 16.5. The second kappa shape index (κ2) is 6.24. The van der Waals surface area contributed by atoms with Crippen LogP contribution in [0, 0.1) is 0 Å². The van der Waals surface area contributed by atoms with Crippen molar-refractivity contribution in [1.29, 1.82) is 0 Å². The Labute approximate surface area is 152 Å². The van der Waals surface area contributed by atoms with Crippen molar-refractivity contribution in [1.82, 2.24) is 24.1 Å². The number of para-hydroxylation sites is 2. The van der Waals surface area contributed by atoms with E-state index in [1.54, 1.807) is 23.2 Å². The first-order valence-corrected chi connectivity index (χ1v) is 8.61. The van der Waals surface area contributed by atoms with Crippen molar-refractivity contribution in [2.75, 3.05) is 0 Å². The number of hydrogen-bond acceptors (Lipinski definition) is 6. The number of benzene rings is 1. The molecule has 27 heavy (non-hydrogen) atoms. The molecule has 4 aromatic heterocycles. The number of aryl methyl sites for hydroxylation is 2. The average Bonchev–Trinajstić information content (AvgIpc) is 3.40. The molecule has 0 saturated heterocycles. The number of fused-ring (bicyclic) bond motifs is 2. The maximum Gasteiger partial charge on any atom is 0.419 e. The van der Waals surface area contributed by atoms with E-state index in [0.717, 1.165) is 16.6 Å². The summed E-state index contributed by atoms with van der Waals surface area (Å²) in [4.78, 5) is 20.5. The summed E-state index contributed by atoms with van der Waals surface area (Å²) >= 11 is 0. The van der Waals surface area contributed by atoms with E-state index in [0.29, 0.717) is 36.7 Å². The average molecular weight is 361 g/mol. The lowest BCUT2D eigenvalue weighted by atomic mass is 10.2. The lowest BCUT2D eigenvalue weighted by molar-refractivity contribution is 0.371. The van der Waals surface area contributed by atoms with Gasteiger partial charge in [0.1, 0.15) is 0 Å². The SMILES string of the molecule is O=c1oc2ccccc2n1CCCc1nc(-c2ccn3cncc3c2)no1. The summed E-state index contributed by atoms with van der Waals surface area (Å²) in [6.07, 6.45) is 6.68. The molecule has 0 aliphatic carbocycles. The fraction of sp³-hybridized carbons (Fsp3) is 0.158. The Morgan fingerprint density at radius 3 is 3.04 bits per heavy atom. The monoisotopic (exact) mass is 361 g/mol. The Morgan fingerprint density at radius 2 is 2.07 bits per heavy atom. The molecule has 0 fully saturated rings. The van der Waals surface area contributed by atoms with Crippen LogP contribution in [0.3, 0.4) is 0 Å². The molecule has 8 nitrogen and oxygen atoms in total. The van der Waals surface area contributed by atoms with Crippen molar-refractivity contribution in [2.24, 2.45) is 0 Å². The van der Waals surface area contributed by atoms with Crippen molar-refractivity contribution in [3.05, 3.63) is 71.6 Å². The van der Waals surface area contributed by atoms with Gasteiger partial charge in [-0.2, -0.15) is 4.98 Å². The number of rotatable bonds is 5. The van der Waals surface area contributed by atoms with Gasteiger partial charge in [-0.25, -0.2) is 9.78 Å². The fourth-order valence-corrected chi connectivity index (χ4v) is 3.15. The number of hydrogen-bond donors (Lipinski definition) is 0. The van der Waals surface area contributed by atoms with E-state index in [1.807, 2.05) is 40.9 Å². The van der Waals surface area contributed by atoms with Crippen LogP contribution in [0.5, 0.6) is 0 Å². The van der Waals surface area contributed by atoms with Crippen LogP contribution in [0.15, 0.2) is 68.9 Å². The van der Waals surface area contributed by atoms with Crippen molar-refractivity contribution in [3.63, 3.8) is 0 Å².